The third-order valence-corrected chi connectivity index (χ3v) is 2.08. The van der Waals surface area contributed by atoms with E-state index in [4.69, 9.17) is 10.2 Å². The van der Waals surface area contributed by atoms with Gasteiger partial charge in [-0.2, -0.15) is 0 Å². The lowest BCUT2D eigenvalue weighted by molar-refractivity contribution is -0.144. The van der Waals surface area contributed by atoms with E-state index in [9.17, 15) is 9.59 Å². The average molecular weight is 227 g/mol. The Morgan fingerprint density at radius 1 is 1.19 bits per heavy atom. The Morgan fingerprint density at radius 2 is 1.69 bits per heavy atom. The van der Waals surface area contributed by atoms with Gasteiger partial charge in [0, 0.05) is 19.5 Å². The van der Waals surface area contributed by atoms with Gasteiger partial charge in [-0.15, -0.1) is 13.2 Å². The molecule has 0 saturated carbocycles. The minimum Gasteiger partial charge on any atom is -0.481 e. The van der Waals surface area contributed by atoms with Crippen LogP contribution < -0.4 is 0 Å². The van der Waals surface area contributed by atoms with Crippen LogP contribution >= 0.6 is 0 Å². The molecule has 0 rings (SSSR count). The lowest BCUT2D eigenvalue weighted by atomic mass is 10.1. The highest BCUT2D eigenvalue weighted by Gasteiger charge is 2.24. The third-order valence-electron chi connectivity index (χ3n) is 2.08. The number of carboxylic acid groups (broad SMARTS) is 2. The minimum atomic E-state index is -1.02. The second-order valence-electron chi connectivity index (χ2n) is 3.32. The minimum absolute atomic E-state index is 0.0757. The zero-order chi connectivity index (χ0) is 12.6. The van der Waals surface area contributed by atoms with E-state index in [1.807, 2.05) is 0 Å². The molecule has 0 unspecified atom stereocenters. The van der Waals surface area contributed by atoms with E-state index in [-0.39, 0.29) is 12.8 Å². The van der Waals surface area contributed by atoms with Crippen LogP contribution in [0.2, 0.25) is 0 Å². The fourth-order valence-corrected chi connectivity index (χ4v) is 1.38. The van der Waals surface area contributed by atoms with Crippen molar-refractivity contribution in [3.8, 4) is 0 Å². The van der Waals surface area contributed by atoms with Crippen LogP contribution in [0.15, 0.2) is 25.3 Å². The summed E-state index contributed by atoms with van der Waals surface area (Å²) in [5.41, 5.74) is 0. The molecule has 0 aliphatic carbocycles. The molecule has 0 amide bonds. The summed E-state index contributed by atoms with van der Waals surface area (Å²) in [4.78, 5) is 23.0. The van der Waals surface area contributed by atoms with Gasteiger partial charge in [-0.05, 0) is 6.42 Å². The molecule has 0 spiro atoms. The predicted octanol–water partition coefficient (Wildman–Crippen LogP) is 0.978. The predicted molar refractivity (Wildman–Crippen MR) is 60.3 cm³/mol. The maximum atomic E-state index is 11.0. The summed E-state index contributed by atoms with van der Waals surface area (Å²) in [6.45, 7) is 7.85. The Balaban J connectivity index is 4.55. The molecule has 0 bridgehead atoms. The van der Waals surface area contributed by atoms with E-state index in [1.54, 1.807) is 17.1 Å². The zero-order valence-corrected chi connectivity index (χ0v) is 9.13. The molecule has 0 fully saturated rings. The molecule has 5 heteroatoms. The smallest absolute Gasteiger partial charge is 0.320 e. The van der Waals surface area contributed by atoms with Crippen LogP contribution in [0, 0.1) is 0 Å². The van der Waals surface area contributed by atoms with Crippen molar-refractivity contribution in [1.82, 2.24) is 4.90 Å². The first-order chi connectivity index (χ1) is 7.52. The molecule has 0 aliphatic rings. The molecule has 5 nitrogen and oxygen atoms in total. The van der Waals surface area contributed by atoms with Gasteiger partial charge in [0.15, 0.2) is 0 Å². The van der Waals surface area contributed by atoms with Crippen molar-refractivity contribution < 1.29 is 19.8 Å². The maximum absolute atomic E-state index is 11.0. The van der Waals surface area contributed by atoms with Crippen molar-refractivity contribution in [2.75, 3.05) is 13.1 Å². The van der Waals surface area contributed by atoms with E-state index in [0.29, 0.717) is 13.1 Å². The molecule has 90 valence electrons. The van der Waals surface area contributed by atoms with Gasteiger partial charge in [0.1, 0.15) is 6.04 Å². The second kappa shape index (κ2) is 7.64. The fourth-order valence-electron chi connectivity index (χ4n) is 1.38. The summed E-state index contributed by atoms with van der Waals surface area (Å²) in [5, 5.41) is 17.5. The molecular weight excluding hydrogens is 210 g/mol. The molecular formula is C11H17NO4. The summed E-state index contributed by atoms with van der Waals surface area (Å²) >= 11 is 0. The van der Waals surface area contributed by atoms with Gasteiger partial charge in [-0.3, -0.25) is 14.5 Å². The highest BCUT2D eigenvalue weighted by molar-refractivity contribution is 5.75. The fraction of sp³-hybridized carbons (Fsp3) is 0.455. The molecule has 0 saturated heterocycles. The Labute approximate surface area is 94.7 Å². The lowest BCUT2D eigenvalue weighted by Gasteiger charge is -2.25. The Bertz CT molecular complexity index is 265. The topological polar surface area (TPSA) is 77.8 Å². The number of rotatable bonds is 9. The summed E-state index contributed by atoms with van der Waals surface area (Å²) in [6.07, 6.45) is 3.08. The van der Waals surface area contributed by atoms with E-state index >= 15 is 0 Å². The van der Waals surface area contributed by atoms with Gasteiger partial charge >= 0.3 is 11.9 Å². The van der Waals surface area contributed by atoms with Crippen LogP contribution in [-0.2, 0) is 9.59 Å². The Kier molecular flexibility index (Phi) is 6.87. The van der Waals surface area contributed by atoms with Crippen molar-refractivity contribution in [1.29, 1.82) is 0 Å². The molecule has 0 aliphatic heterocycles. The number of aliphatic carboxylic acids is 2. The van der Waals surface area contributed by atoms with Crippen LogP contribution in [0.25, 0.3) is 0 Å². The third kappa shape index (κ3) is 5.31. The quantitative estimate of drug-likeness (QED) is 0.574. The molecule has 0 aromatic heterocycles. The van der Waals surface area contributed by atoms with Crippen molar-refractivity contribution in [2.45, 2.75) is 18.9 Å². The Hall–Kier alpha value is -1.62. The number of carbonyl (C=O) groups is 2. The first-order valence-corrected chi connectivity index (χ1v) is 4.93. The molecule has 0 radical (unpaired) electrons. The normalized spacial score (nSPS) is 12.1. The monoisotopic (exact) mass is 227 g/mol. The first-order valence-electron chi connectivity index (χ1n) is 4.93. The standard InChI is InChI=1S/C11H17NO4/c1-3-7-12(8-4-2)9(11(15)16)5-6-10(13)14/h3-4,9H,1-2,5-8H2,(H,13,14)(H,15,16)/t9-/m0/s1. The van der Waals surface area contributed by atoms with Gasteiger partial charge in [0.05, 0.1) is 0 Å². The van der Waals surface area contributed by atoms with Crippen LogP contribution in [0.5, 0.6) is 0 Å². The van der Waals surface area contributed by atoms with Crippen molar-refractivity contribution >= 4 is 11.9 Å². The maximum Gasteiger partial charge on any atom is 0.320 e. The summed E-state index contributed by atoms with van der Waals surface area (Å²) in [7, 11) is 0. The van der Waals surface area contributed by atoms with Gasteiger partial charge < -0.3 is 10.2 Å². The highest BCUT2D eigenvalue weighted by Crippen LogP contribution is 2.08. The molecule has 0 aromatic rings. The first kappa shape index (κ1) is 14.4. The van der Waals surface area contributed by atoms with E-state index in [2.05, 4.69) is 13.2 Å². The zero-order valence-electron chi connectivity index (χ0n) is 9.13. The second-order valence-corrected chi connectivity index (χ2v) is 3.32. The number of nitrogens with zero attached hydrogens (tertiary/aromatic N) is 1. The number of hydrogen-bond donors (Lipinski definition) is 2. The highest BCUT2D eigenvalue weighted by atomic mass is 16.4. The SMILES string of the molecule is C=CCN(CC=C)[C@@H](CCC(=O)O)C(=O)O. The van der Waals surface area contributed by atoms with Crippen LogP contribution in [-0.4, -0.2) is 46.2 Å². The average Bonchev–Trinajstić information content (AvgIpc) is 2.17. The Morgan fingerprint density at radius 3 is 2.00 bits per heavy atom. The molecule has 2 N–H and O–H groups in total. The molecule has 16 heavy (non-hydrogen) atoms. The van der Waals surface area contributed by atoms with E-state index in [1.165, 1.54) is 0 Å². The van der Waals surface area contributed by atoms with E-state index in [0.717, 1.165) is 0 Å². The number of hydrogen-bond acceptors (Lipinski definition) is 3. The van der Waals surface area contributed by atoms with Crippen molar-refractivity contribution in [2.24, 2.45) is 0 Å². The van der Waals surface area contributed by atoms with Crippen LogP contribution in [0.4, 0.5) is 0 Å². The van der Waals surface area contributed by atoms with Crippen LogP contribution in [0.1, 0.15) is 12.8 Å². The van der Waals surface area contributed by atoms with Gasteiger partial charge in [0.2, 0.25) is 0 Å². The van der Waals surface area contributed by atoms with Gasteiger partial charge in [0.25, 0.3) is 0 Å². The molecule has 0 heterocycles. The van der Waals surface area contributed by atoms with E-state index < -0.39 is 18.0 Å². The lowest BCUT2D eigenvalue weighted by Crippen LogP contribution is -2.41. The summed E-state index contributed by atoms with van der Waals surface area (Å²) < 4.78 is 0. The number of carboxylic acids is 2. The largest absolute Gasteiger partial charge is 0.481 e. The molecule has 1 atom stereocenters. The van der Waals surface area contributed by atoms with Crippen molar-refractivity contribution in [3.05, 3.63) is 25.3 Å². The summed E-state index contributed by atoms with van der Waals surface area (Å²) in [6, 6.07) is -0.813. The van der Waals surface area contributed by atoms with Gasteiger partial charge in [-0.1, -0.05) is 12.2 Å². The van der Waals surface area contributed by atoms with Crippen LogP contribution in [0.3, 0.4) is 0 Å². The van der Waals surface area contributed by atoms with Gasteiger partial charge in [-0.25, -0.2) is 0 Å². The molecule has 0 aromatic carbocycles. The van der Waals surface area contributed by atoms with Crippen molar-refractivity contribution in [3.63, 3.8) is 0 Å². The summed E-state index contributed by atoms with van der Waals surface area (Å²) in [5.74, 6) is -2.02.